The molecule has 2 rings (SSSR count). The molecule has 0 bridgehead atoms. The number of nitrogen functional groups attached to an aromatic ring is 1. The van der Waals surface area contributed by atoms with E-state index < -0.39 is 10.8 Å². The summed E-state index contributed by atoms with van der Waals surface area (Å²) in [6.07, 6.45) is 0.827. The van der Waals surface area contributed by atoms with Crippen molar-refractivity contribution in [3.63, 3.8) is 0 Å². The minimum atomic E-state index is -1.19. The van der Waals surface area contributed by atoms with E-state index in [-0.39, 0.29) is 10.5 Å². The minimum Gasteiger partial charge on any atom is -0.430 e. The fourth-order valence-electron chi connectivity index (χ4n) is 1.33. The van der Waals surface area contributed by atoms with Gasteiger partial charge in [0.25, 0.3) is 5.22 Å². The van der Waals surface area contributed by atoms with Gasteiger partial charge in [0.2, 0.25) is 0 Å². The van der Waals surface area contributed by atoms with Crippen LogP contribution in [0.4, 0.5) is 5.69 Å². The van der Waals surface area contributed by atoms with Gasteiger partial charge < -0.3 is 10.2 Å². The number of fused-ring (bicyclic) bond motifs is 1. The van der Waals surface area contributed by atoms with Crippen molar-refractivity contribution in [1.29, 1.82) is 0 Å². The molecule has 0 spiro atoms. The Hall–Kier alpha value is -1.36. The van der Waals surface area contributed by atoms with Crippen molar-refractivity contribution < 1.29 is 8.63 Å². The monoisotopic (exact) mass is 238 g/mol. The number of benzene rings is 1. The largest absolute Gasteiger partial charge is 0.430 e. The van der Waals surface area contributed by atoms with Crippen LogP contribution in [0.5, 0.6) is 0 Å². The quantitative estimate of drug-likeness (QED) is 0.833. The lowest BCUT2D eigenvalue weighted by molar-refractivity contribution is 0.475. The fraction of sp³-hybridized carbons (Fsp3) is 0.364. The van der Waals surface area contributed by atoms with Crippen LogP contribution in [0, 0.1) is 0 Å². The molecule has 1 aromatic carbocycles. The van der Waals surface area contributed by atoms with Crippen LogP contribution < -0.4 is 5.73 Å². The first-order chi connectivity index (χ1) is 7.61. The van der Waals surface area contributed by atoms with Gasteiger partial charge in [0.15, 0.2) is 5.58 Å². The molecule has 0 saturated heterocycles. The highest BCUT2D eigenvalue weighted by Gasteiger charge is 2.17. The highest BCUT2D eigenvalue weighted by Crippen LogP contribution is 2.22. The van der Waals surface area contributed by atoms with Gasteiger partial charge in [-0.3, -0.25) is 0 Å². The molecule has 0 aliphatic rings. The number of hydrogen-bond acceptors (Lipinski definition) is 4. The molecule has 2 unspecified atom stereocenters. The topological polar surface area (TPSA) is 69.1 Å². The van der Waals surface area contributed by atoms with Gasteiger partial charge in [-0.15, -0.1) is 0 Å². The van der Waals surface area contributed by atoms with Crippen molar-refractivity contribution in [3.8, 4) is 0 Å². The van der Waals surface area contributed by atoms with E-state index in [0.717, 1.165) is 6.42 Å². The average Bonchev–Trinajstić information content (AvgIpc) is 2.69. The van der Waals surface area contributed by atoms with E-state index in [1.54, 1.807) is 18.2 Å². The molecule has 5 heteroatoms. The smallest absolute Gasteiger partial charge is 0.288 e. The van der Waals surface area contributed by atoms with E-state index >= 15 is 0 Å². The van der Waals surface area contributed by atoms with Gasteiger partial charge in [-0.2, -0.15) is 0 Å². The van der Waals surface area contributed by atoms with Gasteiger partial charge in [-0.1, -0.05) is 13.8 Å². The lowest BCUT2D eigenvalue weighted by Gasteiger charge is -2.02. The van der Waals surface area contributed by atoms with Gasteiger partial charge in [0.05, 0.1) is 0 Å². The number of oxazole rings is 1. The van der Waals surface area contributed by atoms with E-state index in [9.17, 15) is 4.21 Å². The molecule has 2 N–H and O–H groups in total. The summed E-state index contributed by atoms with van der Waals surface area (Å²) in [6, 6.07) is 5.21. The summed E-state index contributed by atoms with van der Waals surface area (Å²) < 4.78 is 17.4. The molecule has 1 aromatic heterocycles. The molecule has 4 nitrogen and oxygen atoms in total. The molecule has 86 valence electrons. The van der Waals surface area contributed by atoms with Crippen LogP contribution in [0.1, 0.15) is 20.3 Å². The van der Waals surface area contributed by atoms with Crippen LogP contribution >= 0.6 is 0 Å². The van der Waals surface area contributed by atoms with Crippen LogP contribution in [0.3, 0.4) is 0 Å². The number of aromatic nitrogens is 1. The third kappa shape index (κ3) is 1.95. The Kier molecular flexibility index (Phi) is 2.96. The van der Waals surface area contributed by atoms with Gasteiger partial charge in [-0.25, -0.2) is 9.19 Å². The summed E-state index contributed by atoms with van der Waals surface area (Å²) in [5, 5.41) is 0.334. The molecular weight excluding hydrogens is 224 g/mol. The van der Waals surface area contributed by atoms with Crippen molar-refractivity contribution in [2.24, 2.45) is 0 Å². The third-order valence-corrected chi connectivity index (χ3v) is 4.09. The predicted molar refractivity (Wildman–Crippen MR) is 64.6 cm³/mol. The molecule has 2 atom stereocenters. The van der Waals surface area contributed by atoms with Crippen molar-refractivity contribution in [2.45, 2.75) is 30.7 Å². The molecule has 0 fully saturated rings. The van der Waals surface area contributed by atoms with Crippen molar-refractivity contribution in [3.05, 3.63) is 18.2 Å². The summed E-state index contributed by atoms with van der Waals surface area (Å²) in [5.41, 5.74) is 7.53. The van der Waals surface area contributed by atoms with Gasteiger partial charge in [0, 0.05) is 17.0 Å². The maximum Gasteiger partial charge on any atom is 0.288 e. The standard InChI is InChI=1S/C11H14N2O2S/c1-3-7(2)16(14)11-13-9-5-4-8(12)6-10(9)15-11/h4-7H,3,12H2,1-2H3. The zero-order valence-corrected chi connectivity index (χ0v) is 10.1. The number of anilines is 1. The summed E-state index contributed by atoms with van der Waals surface area (Å²) in [6.45, 7) is 3.91. The molecule has 0 aliphatic heterocycles. The average molecular weight is 238 g/mol. The highest BCUT2D eigenvalue weighted by molar-refractivity contribution is 7.85. The van der Waals surface area contributed by atoms with E-state index in [2.05, 4.69) is 4.98 Å². The van der Waals surface area contributed by atoms with Gasteiger partial charge in [-0.05, 0) is 18.6 Å². The normalized spacial score (nSPS) is 15.1. The Labute approximate surface area is 96.3 Å². The summed E-state index contributed by atoms with van der Waals surface area (Å²) in [7, 11) is -1.19. The second kappa shape index (κ2) is 4.25. The maximum absolute atomic E-state index is 12.0. The number of hydrogen-bond donors (Lipinski definition) is 1. The Bertz CT molecular complexity index is 536. The molecule has 1 heterocycles. The predicted octanol–water partition coefficient (Wildman–Crippen LogP) is 2.32. The molecule has 0 amide bonds. The Balaban J connectivity index is 2.43. The van der Waals surface area contributed by atoms with E-state index in [4.69, 9.17) is 10.2 Å². The Morgan fingerprint density at radius 3 is 3.00 bits per heavy atom. The number of nitrogens with two attached hydrogens (primary N) is 1. The first kappa shape index (κ1) is 11.1. The highest BCUT2D eigenvalue weighted by atomic mass is 32.2. The first-order valence-electron chi connectivity index (χ1n) is 5.18. The Morgan fingerprint density at radius 2 is 2.31 bits per heavy atom. The first-order valence-corrected chi connectivity index (χ1v) is 6.39. The third-order valence-electron chi connectivity index (χ3n) is 2.51. The number of rotatable bonds is 3. The Morgan fingerprint density at radius 1 is 1.56 bits per heavy atom. The van der Waals surface area contributed by atoms with Gasteiger partial charge >= 0.3 is 0 Å². The molecular formula is C11H14N2O2S. The molecule has 0 radical (unpaired) electrons. The van der Waals surface area contributed by atoms with Crippen molar-refractivity contribution in [2.75, 3.05) is 5.73 Å². The summed E-state index contributed by atoms with van der Waals surface area (Å²) >= 11 is 0. The van der Waals surface area contributed by atoms with Crippen molar-refractivity contribution >= 4 is 27.6 Å². The SMILES string of the molecule is CCC(C)S(=O)c1nc2ccc(N)cc2o1. The van der Waals surface area contributed by atoms with E-state index in [0.29, 0.717) is 16.8 Å². The second-order valence-electron chi connectivity index (χ2n) is 3.72. The fourth-order valence-corrected chi connectivity index (χ4v) is 2.34. The lowest BCUT2D eigenvalue weighted by atomic mass is 10.3. The van der Waals surface area contributed by atoms with Crippen LogP contribution in [-0.2, 0) is 10.8 Å². The molecule has 2 aromatic rings. The van der Waals surface area contributed by atoms with Gasteiger partial charge in [0.1, 0.15) is 16.3 Å². The lowest BCUT2D eigenvalue weighted by Crippen LogP contribution is -2.09. The summed E-state index contributed by atoms with van der Waals surface area (Å²) in [5.74, 6) is 0. The van der Waals surface area contributed by atoms with Crippen LogP contribution in [0.15, 0.2) is 27.8 Å². The minimum absolute atomic E-state index is 0.0467. The zero-order valence-electron chi connectivity index (χ0n) is 9.27. The second-order valence-corrected chi connectivity index (χ2v) is 5.47. The van der Waals surface area contributed by atoms with Crippen molar-refractivity contribution in [1.82, 2.24) is 4.98 Å². The zero-order chi connectivity index (χ0) is 11.7. The van der Waals surface area contributed by atoms with E-state index in [1.807, 2.05) is 13.8 Å². The van der Waals surface area contributed by atoms with E-state index in [1.165, 1.54) is 0 Å². The maximum atomic E-state index is 12.0. The number of nitrogens with zero attached hydrogens (tertiary/aromatic N) is 1. The van der Waals surface area contributed by atoms with Crippen LogP contribution in [-0.4, -0.2) is 14.4 Å². The summed E-state index contributed by atoms with van der Waals surface area (Å²) in [4.78, 5) is 4.20. The molecule has 16 heavy (non-hydrogen) atoms. The molecule has 0 saturated carbocycles. The van der Waals surface area contributed by atoms with Crippen LogP contribution in [0.25, 0.3) is 11.1 Å². The molecule has 0 aliphatic carbocycles. The van der Waals surface area contributed by atoms with Crippen LogP contribution in [0.2, 0.25) is 0 Å².